The summed E-state index contributed by atoms with van der Waals surface area (Å²) in [6, 6.07) is 17.3. The maximum Gasteiger partial charge on any atom is 0.251 e. The average molecular weight is 339 g/mol. The van der Waals surface area contributed by atoms with Gasteiger partial charge in [-0.3, -0.25) is 4.79 Å². The van der Waals surface area contributed by atoms with E-state index in [9.17, 15) is 4.79 Å². The minimum absolute atomic E-state index is 0.0755. The minimum Gasteiger partial charge on any atom is -0.420 e. The monoisotopic (exact) mass is 339 g/mol. The topological polar surface area (TPSA) is 68.0 Å². The number of hydrogen-bond acceptors (Lipinski definition) is 5. The van der Waals surface area contributed by atoms with Gasteiger partial charge in [0.05, 0.1) is 5.75 Å². The van der Waals surface area contributed by atoms with Crippen LogP contribution in [-0.2, 0) is 11.5 Å². The van der Waals surface area contributed by atoms with Crippen LogP contribution in [0.2, 0.25) is 0 Å². The number of rotatable bonds is 6. The van der Waals surface area contributed by atoms with Crippen molar-refractivity contribution in [2.45, 2.75) is 11.5 Å². The maximum absolute atomic E-state index is 11.5. The molecule has 0 bridgehead atoms. The van der Waals surface area contributed by atoms with Crippen molar-refractivity contribution in [1.29, 1.82) is 0 Å². The number of nitrogens with one attached hydrogen (secondary N) is 1. The Bertz CT molecular complexity index is 801. The SMILES string of the molecule is CNC(=O)c1ccc(CSCc2nnc(-c3ccccc3)o2)cc1. The third-order valence-corrected chi connectivity index (χ3v) is 4.41. The van der Waals surface area contributed by atoms with E-state index in [1.54, 1.807) is 18.8 Å². The van der Waals surface area contributed by atoms with Gasteiger partial charge >= 0.3 is 0 Å². The van der Waals surface area contributed by atoms with E-state index in [4.69, 9.17) is 4.42 Å². The molecule has 24 heavy (non-hydrogen) atoms. The number of nitrogens with zero attached hydrogens (tertiary/aromatic N) is 2. The molecular formula is C18H17N3O2S. The zero-order chi connectivity index (χ0) is 16.8. The molecule has 0 spiro atoms. The van der Waals surface area contributed by atoms with Gasteiger partial charge in [0.25, 0.3) is 5.91 Å². The van der Waals surface area contributed by atoms with Crippen molar-refractivity contribution in [2.75, 3.05) is 7.05 Å². The Morgan fingerprint density at radius 1 is 1.04 bits per heavy atom. The van der Waals surface area contributed by atoms with Crippen molar-refractivity contribution in [3.05, 3.63) is 71.6 Å². The first kappa shape index (κ1) is 16.3. The Balaban J connectivity index is 1.53. The number of carbonyl (C=O) groups is 1. The van der Waals surface area contributed by atoms with Gasteiger partial charge < -0.3 is 9.73 Å². The van der Waals surface area contributed by atoms with Crippen molar-refractivity contribution >= 4 is 17.7 Å². The molecule has 122 valence electrons. The van der Waals surface area contributed by atoms with Crippen LogP contribution < -0.4 is 5.32 Å². The average Bonchev–Trinajstić information content (AvgIpc) is 3.11. The highest BCUT2D eigenvalue weighted by Gasteiger charge is 2.08. The van der Waals surface area contributed by atoms with Crippen molar-refractivity contribution < 1.29 is 9.21 Å². The number of hydrogen-bond donors (Lipinski definition) is 1. The van der Waals surface area contributed by atoms with Gasteiger partial charge in [-0.1, -0.05) is 30.3 Å². The molecule has 0 aliphatic carbocycles. The predicted octanol–water partition coefficient (Wildman–Crippen LogP) is 3.53. The van der Waals surface area contributed by atoms with Crippen LogP contribution in [0.4, 0.5) is 0 Å². The Kier molecular flexibility index (Phi) is 5.28. The van der Waals surface area contributed by atoms with Crippen LogP contribution in [0.1, 0.15) is 21.8 Å². The highest BCUT2D eigenvalue weighted by Crippen LogP contribution is 2.21. The summed E-state index contributed by atoms with van der Waals surface area (Å²) in [6.07, 6.45) is 0. The Morgan fingerprint density at radius 3 is 2.50 bits per heavy atom. The second kappa shape index (κ2) is 7.79. The lowest BCUT2D eigenvalue weighted by molar-refractivity contribution is 0.0963. The van der Waals surface area contributed by atoms with E-state index in [1.165, 1.54) is 0 Å². The normalized spacial score (nSPS) is 10.5. The number of thioether (sulfide) groups is 1. The highest BCUT2D eigenvalue weighted by atomic mass is 32.2. The molecule has 1 aromatic heterocycles. The van der Waals surface area contributed by atoms with E-state index >= 15 is 0 Å². The van der Waals surface area contributed by atoms with Gasteiger partial charge in [0.2, 0.25) is 11.8 Å². The lowest BCUT2D eigenvalue weighted by atomic mass is 10.1. The molecule has 6 heteroatoms. The van der Waals surface area contributed by atoms with Crippen LogP contribution in [0.3, 0.4) is 0 Å². The van der Waals surface area contributed by atoms with Gasteiger partial charge in [0.1, 0.15) is 0 Å². The third-order valence-electron chi connectivity index (χ3n) is 3.43. The van der Waals surface area contributed by atoms with Gasteiger partial charge in [-0.2, -0.15) is 0 Å². The van der Waals surface area contributed by atoms with Crippen molar-refractivity contribution in [2.24, 2.45) is 0 Å². The summed E-state index contributed by atoms with van der Waals surface area (Å²) in [5.41, 5.74) is 2.73. The smallest absolute Gasteiger partial charge is 0.251 e. The summed E-state index contributed by atoms with van der Waals surface area (Å²) in [4.78, 5) is 11.5. The number of benzene rings is 2. The Morgan fingerprint density at radius 2 is 1.79 bits per heavy atom. The largest absolute Gasteiger partial charge is 0.420 e. The van der Waals surface area contributed by atoms with Crippen LogP contribution in [0, 0.1) is 0 Å². The zero-order valence-corrected chi connectivity index (χ0v) is 14.0. The van der Waals surface area contributed by atoms with Crippen LogP contribution in [-0.4, -0.2) is 23.2 Å². The quantitative estimate of drug-likeness (QED) is 0.744. The van der Waals surface area contributed by atoms with E-state index in [0.29, 0.717) is 23.1 Å². The Hall–Kier alpha value is -2.60. The first-order valence-corrected chi connectivity index (χ1v) is 8.68. The predicted molar refractivity (Wildman–Crippen MR) is 94.6 cm³/mol. The first-order valence-electron chi connectivity index (χ1n) is 7.53. The van der Waals surface area contributed by atoms with Crippen LogP contribution in [0.25, 0.3) is 11.5 Å². The second-order valence-corrected chi connectivity index (χ2v) is 6.12. The fraction of sp³-hybridized carbons (Fsp3) is 0.167. The molecule has 0 aliphatic rings. The molecule has 0 aliphatic heterocycles. The van der Waals surface area contributed by atoms with Gasteiger partial charge in [-0.05, 0) is 29.8 Å². The van der Waals surface area contributed by atoms with Crippen molar-refractivity contribution in [3.8, 4) is 11.5 Å². The minimum atomic E-state index is -0.0755. The highest BCUT2D eigenvalue weighted by molar-refractivity contribution is 7.97. The number of carbonyl (C=O) groups excluding carboxylic acids is 1. The fourth-order valence-electron chi connectivity index (χ4n) is 2.16. The molecule has 0 fully saturated rings. The lowest BCUT2D eigenvalue weighted by Gasteiger charge is -2.02. The summed E-state index contributed by atoms with van der Waals surface area (Å²) in [7, 11) is 1.63. The summed E-state index contributed by atoms with van der Waals surface area (Å²) in [6.45, 7) is 0. The van der Waals surface area contributed by atoms with E-state index < -0.39 is 0 Å². The fourth-order valence-corrected chi connectivity index (χ4v) is 2.98. The molecule has 0 radical (unpaired) electrons. The molecule has 0 unspecified atom stereocenters. The summed E-state index contributed by atoms with van der Waals surface area (Å²) in [5, 5.41) is 10.8. The molecule has 3 aromatic rings. The maximum atomic E-state index is 11.5. The van der Waals surface area contributed by atoms with E-state index in [0.717, 1.165) is 16.9 Å². The van der Waals surface area contributed by atoms with Crippen LogP contribution in [0.15, 0.2) is 59.0 Å². The second-order valence-electron chi connectivity index (χ2n) is 5.14. The lowest BCUT2D eigenvalue weighted by Crippen LogP contribution is -2.17. The van der Waals surface area contributed by atoms with Crippen molar-refractivity contribution in [1.82, 2.24) is 15.5 Å². The van der Waals surface area contributed by atoms with Gasteiger partial charge in [-0.15, -0.1) is 22.0 Å². The summed E-state index contributed by atoms with van der Waals surface area (Å²) < 4.78 is 5.68. The molecule has 0 saturated heterocycles. The van der Waals surface area contributed by atoms with Gasteiger partial charge in [-0.25, -0.2) is 0 Å². The third kappa shape index (κ3) is 4.02. The standard InChI is InChI=1S/C18H17N3O2S/c1-19-17(22)14-9-7-13(8-10-14)11-24-12-16-20-21-18(23-16)15-5-3-2-4-6-15/h2-10H,11-12H2,1H3,(H,19,22). The zero-order valence-electron chi connectivity index (χ0n) is 13.2. The first-order chi connectivity index (χ1) is 11.8. The molecule has 3 rings (SSSR count). The number of amides is 1. The van der Waals surface area contributed by atoms with Crippen molar-refractivity contribution in [3.63, 3.8) is 0 Å². The van der Waals surface area contributed by atoms with E-state index in [2.05, 4.69) is 15.5 Å². The van der Waals surface area contributed by atoms with Crippen LogP contribution in [0.5, 0.6) is 0 Å². The Labute approximate surface area is 144 Å². The molecular weight excluding hydrogens is 322 g/mol. The summed E-state index contributed by atoms with van der Waals surface area (Å²) >= 11 is 1.69. The van der Waals surface area contributed by atoms with E-state index in [1.807, 2.05) is 54.6 Å². The molecule has 5 nitrogen and oxygen atoms in total. The molecule has 1 N–H and O–H groups in total. The molecule has 1 amide bonds. The van der Waals surface area contributed by atoms with Gasteiger partial charge in [0, 0.05) is 23.9 Å². The van der Waals surface area contributed by atoms with E-state index in [-0.39, 0.29) is 5.91 Å². The summed E-state index contributed by atoms with van der Waals surface area (Å²) in [5.74, 6) is 2.55. The molecule has 2 aromatic carbocycles. The molecule has 1 heterocycles. The molecule has 0 saturated carbocycles. The van der Waals surface area contributed by atoms with Gasteiger partial charge in [0.15, 0.2) is 0 Å². The number of aromatic nitrogens is 2. The molecule has 0 atom stereocenters. The van der Waals surface area contributed by atoms with Crippen LogP contribution >= 0.6 is 11.8 Å².